The van der Waals surface area contributed by atoms with Crippen LogP contribution >= 0.6 is 0 Å². The van der Waals surface area contributed by atoms with Gasteiger partial charge in [0.2, 0.25) is 0 Å². The van der Waals surface area contributed by atoms with Crippen LogP contribution in [-0.2, 0) is 0 Å². The Hall–Kier alpha value is -3.38. The molecule has 0 saturated carbocycles. The van der Waals surface area contributed by atoms with E-state index in [0.717, 1.165) is 41.4 Å². The van der Waals surface area contributed by atoms with Crippen LogP contribution in [0.4, 0.5) is 0 Å². The van der Waals surface area contributed by atoms with E-state index in [2.05, 4.69) is 11.8 Å². The van der Waals surface area contributed by atoms with Crippen LogP contribution in [-0.4, -0.2) is 13.7 Å². The van der Waals surface area contributed by atoms with Gasteiger partial charge in [0.25, 0.3) is 0 Å². The normalized spacial score (nSPS) is 9.81. The Morgan fingerprint density at radius 2 is 1.41 bits per heavy atom. The fraction of sp³-hybridized carbons (Fsp3) is 0.167. The summed E-state index contributed by atoms with van der Waals surface area (Å²) < 4.78 is 16.8. The lowest BCUT2D eigenvalue weighted by Crippen LogP contribution is -1.96. The van der Waals surface area contributed by atoms with E-state index >= 15 is 0 Å². The number of benzene rings is 3. The molecule has 0 bridgehead atoms. The van der Waals surface area contributed by atoms with E-state index in [4.69, 9.17) is 14.2 Å². The van der Waals surface area contributed by atoms with Gasteiger partial charge in [0.05, 0.1) is 19.3 Å². The lowest BCUT2D eigenvalue weighted by atomic mass is 10.2. The predicted octanol–water partition coefficient (Wildman–Crippen LogP) is 5.70. The van der Waals surface area contributed by atoms with Gasteiger partial charge in [-0.3, -0.25) is 0 Å². The second-order valence-corrected chi connectivity index (χ2v) is 5.84. The summed E-state index contributed by atoms with van der Waals surface area (Å²) in [4.78, 5) is 0. The Kier molecular flexibility index (Phi) is 6.78. The predicted molar refractivity (Wildman–Crippen MR) is 108 cm³/mol. The molecule has 0 fully saturated rings. The maximum atomic E-state index is 5.77. The first-order chi connectivity index (χ1) is 13.3. The summed E-state index contributed by atoms with van der Waals surface area (Å²) in [6, 6.07) is 25.1. The van der Waals surface area contributed by atoms with E-state index in [1.54, 1.807) is 7.11 Å². The Balaban J connectivity index is 1.41. The van der Waals surface area contributed by atoms with Gasteiger partial charge < -0.3 is 14.2 Å². The van der Waals surface area contributed by atoms with Crippen molar-refractivity contribution in [2.24, 2.45) is 0 Å². The molecule has 3 rings (SSSR count). The highest BCUT2D eigenvalue weighted by molar-refractivity contribution is 5.45. The van der Waals surface area contributed by atoms with Crippen LogP contribution in [0.15, 0.2) is 78.9 Å². The Labute approximate surface area is 160 Å². The first-order valence-electron chi connectivity index (χ1n) is 8.93. The second kappa shape index (κ2) is 9.94. The Bertz CT molecular complexity index is 890. The molecule has 0 saturated heterocycles. The van der Waals surface area contributed by atoms with Gasteiger partial charge in [0, 0.05) is 6.42 Å². The molecule has 0 aromatic heterocycles. The molecule has 0 radical (unpaired) electrons. The fourth-order valence-corrected chi connectivity index (χ4v) is 2.48. The molecule has 0 spiro atoms. The van der Waals surface area contributed by atoms with Crippen molar-refractivity contribution >= 4 is 0 Å². The van der Waals surface area contributed by atoms with Crippen molar-refractivity contribution in [2.45, 2.75) is 12.8 Å². The maximum Gasteiger partial charge on any atom is 0.134 e. The molecule has 136 valence electrons. The van der Waals surface area contributed by atoms with Crippen molar-refractivity contribution in [3.63, 3.8) is 0 Å². The van der Waals surface area contributed by atoms with Crippen molar-refractivity contribution in [3.8, 4) is 34.8 Å². The molecule has 27 heavy (non-hydrogen) atoms. The average molecular weight is 358 g/mol. The molecule has 3 aromatic carbocycles. The van der Waals surface area contributed by atoms with Gasteiger partial charge in [-0.05, 0) is 55.0 Å². The molecule has 0 aliphatic rings. The standard InChI is InChI=1S/C24H22O3/c1-25-24-14-8-7-11-20(24)10-4-3-9-19-26-21-15-17-23(18-16-21)27-22-12-5-2-6-13-22/h2,5-8,11-18H,3,9,19H2,1H3. The van der Waals surface area contributed by atoms with Crippen LogP contribution in [0, 0.1) is 11.8 Å². The molecular weight excluding hydrogens is 336 g/mol. The highest BCUT2D eigenvalue weighted by Gasteiger charge is 1.99. The molecule has 0 unspecified atom stereocenters. The summed E-state index contributed by atoms with van der Waals surface area (Å²) in [6.07, 6.45) is 1.64. The lowest BCUT2D eigenvalue weighted by molar-refractivity contribution is 0.312. The van der Waals surface area contributed by atoms with Crippen molar-refractivity contribution in [1.29, 1.82) is 0 Å². The molecule has 0 heterocycles. The van der Waals surface area contributed by atoms with Gasteiger partial charge in [0.1, 0.15) is 23.0 Å². The first-order valence-corrected chi connectivity index (χ1v) is 8.93. The molecule has 0 amide bonds. The fourth-order valence-electron chi connectivity index (χ4n) is 2.48. The van der Waals surface area contributed by atoms with E-state index in [9.17, 15) is 0 Å². The van der Waals surface area contributed by atoms with E-state index in [1.165, 1.54) is 0 Å². The Morgan fingerprint density at radius 1 is 0.741 bits per heavy atom. The highest BCUT2D eigenvalue weighted by Crippen LogP contribution is 2.23. The van der Waals surface area contributed by atoms with Crippen LogP contribution in [0.5, 0.6) is 23.0 Å². The SMILES string of the molecule is COc1ccccc1C#CCCCOc1ccc(Oc2ccccc2)cc1. The third-order valence-corrected chi connectivity index (χ3v) is 3.85. The van der Waals surface area contributed by atoms with E-state index in [1.807, 2.05) is 78.9 Å². The van der Waals surface area contributed by atoms with Gasteiger partial charge in [-0.1, -0.05) is 42.2 Å². The van der Waals surface area contributed by atoms with Crippen LogP contribution in [0.1, 0.15) is 18.4 Å². The number of para-hydroxylation sites is 2. The van der Waals surface area contributed by atoms with Gasteiger partial charge in [-0.15, -0.1) is 0 Å². The summed E-state index contributed by atoms with van der Waals surface area (Å²) in [5, 5.41) is 0. The van der Waals surface area contributed by atoms with Crippen molar-refractivity contribution in [2.75, 3.05) is 13.7 Å². The third-order valence-electron chi connectivity index (χ3n) is 3.85. The van der Waals surface area contributed by atoms with E-state index < -0.39 is 0 Å². The number of ether oxygens (including phenoxy) is 3. The first kappa shape index (κ1) is 18.4. The zero-order valence-corrected chi connectivity index (χ0v) is 15.4. The zero-order valence-electron chi connectivity index (χ0n) is 15.4. The monoisotopic (exact) mass is 358 g/mol. The molecule has 3 heteroatoms. The topological polar surface area (TPSA) is 27.7 Å². The summed E-state index contributed by atoms with van der Waals surface area (Å²) in [5.41, 5.74) is 0.912. The van der Waals surface area contributed by atoms with Gasteiger partial charge in [0.15, 0.2) is 0 Å². The average Bonchev–Trinajstić information content (AvgIpc) is 2.73. The van der Waals surface area contributed by atoms with Crippen LogP contribution < -0.4 is 14.2 Å². The third kappa shape index (κ3) is 5.83. The largest absolute Gasteiger partial charge is 0.495 e. The number of unbranched alkanes of at least 4 members (excludes halogenated alkanes) is 1. The van der Waals surface area contributed by atoms with Crippen LogP contribution in [0.3, 0.4) is 0 Å². The number of rotatable bonds is 7. The van der Waals surface area contributed by atoms with Gasteiger partial charge in [-0.2, -0.15) is 0 Å². The molecule has 0 aliphatic heterocycles. The van der Waals surface area contributed by atoms with Crippen LogP contribution in [0.2, 0.25) is 0 Å². The van der Waals surface area contributed by atoms with Gasteiger partial charge in [-0.25, -0.2) is 0 Å². The van der Waals surface area contributed by atoms with Crippen molar-refractivity contribution in [1.82, 2.24) is 0 Å². The van der Waals surface area contributed by atoms with Crippen LogP contribution in [0.25, 0.3) is 0 Å². The summed E-state index contributed by atoms with van der Waals surface area (Å²) >= 11 is 0. The second-order valence-electron chi connectivity index (χ2n) is 5.84. The minimum Gasteiger partial charge on any atom is -0.495 e. The molecule has 0 atom stereocenters. The maximum absolute atomic E-state index is 5.77. The molecule has 0 aliphatic carbocycles. The molecule has 0 N–H and O–H groups in total. The van der Waals surface area contributed by atoms with E-state index in [-0.39, 0.29) is 0 Å². The van der Waals surface area contributed by atoms with Crippen molar-refractivity contribution < 1.29 is 14.2 Å². The Morgan fingerprint density at radius 3 is 2.19 bits per heavy atom. The number of hydrogen-bond donors (Lipinski definition) is 0. The molecule has 3 nitrogen and oxygen atoms in total. The molecular formula is C24H22O3. The summed E-state index contributed by atoms with van der Waals surface area (Å²) in [5.74, 6) is 9.55. The summed E-state index contributed by atoms with van der Waals surface area (Å²) in [7, 11) is 1.66. The molecule has 3 aromatic rings. The number of hydrogen-bond acceptors (Lipinski definition) is 3. The van der Waals surface area contributed by atoms with Crippen molar-refractivity contribution in [3.05, 3.63) is 84.4 Å². The van der Waals surface area contributed by atoms with Gasteiger partial charge >= 0.3 is 0 Å². The summed E-state index contributed by atoms with van der Waals surface area (Å²) in [6.45, 7) is 0.624. The minimum atomic E-state index is 0.624. The smallest absolute Gasteiger partial charge is 0.134 e. The minimum absolute atomic E-state index is 0.624. The zero-order chi connectivity index (χ0) is 18.7. The highest BCUT2D eigenvalue weighted by atomic mass is 16.5. The number of methoxy groups -OCH3 is 1. The lowest BCUT2D eigenvalue weighted by Gasteiger charge is -2.08. The van der Waals surface area contributed by atoms with E-state index in [0.29, 0.717) is 6.61 Å². The quantitative estimate of drug-likeness (QED) is 0.401.